The Morgan fingerprint density at radius 3 is 2.60 bits per heavy atom. The number of carbonyl (C=O) groups excluding carboxylic acids is 3. The van der Waals surface area contributed by atoms with Crippen LogP contribution >= 0.6 is 0 Å². The van der Waals surface area contributed by atoms with Crippen LogP contribution in [0.25, 0.3) is 0 Å². The van der Waals surface area contributed by atoms with Crippen LogP contribution in [0, 0.1) is 5.92 Å². The summed E-state index contributed by atoms with van der Waals surface area (Å²) in [6, 6.07) is 0. The minimum absolute atomic E-state index is 0.137. The predicted octanol–water partition coefficient (Wildman–Crippen LogP) is 2.16. The normalized spacial score (nSPS) is 33.4. The Morgan fingerprint density at radius 2 is 1.92 bits per heavy atom. The minimum atomic E-state index is -0.771. The lowest BCUT2D eigenvalue weighted by Crippen LogP contribution is -2.34. The number of rotatable bonds is 2. The third-order valence-electron chi connectivity index (χ3n) is 4.57. The van der Waals surface area contributed by atoms with Crippen molar-refractivity contribution < 1.29 is 28.6 Å². The first-order valence-electron chi connectivity index (χ1n) is 8.11. The minimum Gasteiger partial charge on any atom is -0.458 e. The highest BCUT2D eigenvalue weighted by molar-refractivity contribution is 5.93. The van der Waals surface area contributed by atoms with Crippen LogP contribution in [0.4, 0.5) is 0 Å². The van der Waals surface area contributed by atoms with Crippen molar-refractivity contribution in [3.63, 3.8) is 0 Å². The molecule has 25 heavy (non-hydrogen) atoms. The summed E-state index contributed by atoms with van der Waals surface area (Å²) in [6.07, 6.45) is 2.52. The highest BCUT2D eigenvalue weighted by Crippen LogP contribution is 2.38. The lowest BCUT2D eigenvalue weighted by Gasteiger charge is -2.26. The molecular weight excluding hydrogens is 324 g/mol. The summed E-state index contributed by atoms with van der Waals surface area (Å²) < 4.78 is 16.3. The van der Waals surface area contributed by atoms with Crippen molar-refractivity contribution >= 4 is 17.9 Å². The largest absolute Gasteiger partial charge is 0.458 e. The lowest BCUT2D eigenvalue weighted by atomic mass is 9.85. The van der Waals surface area contributed by atoms with E-state index in [2.05, 4.69) is 13.2 Å². The van der Waals surface area contributed by atoms with Gasteiger partial charge in [-0.05, 0) is 26.0 Å². The maximum absolute atomic E-state index is 12.1. The van der Waals surface area contributed by atoms with Gasteiger partial charge in [-0.2, -0.15) is 0 Å². The fourth-order valence-corrected chi connectivity index (χ4v) is 3.33. The van der Waals surface area contributed by atoms with E-state index in [-0.39, 0.29) is 23.7 Å². The van der Waals surface area contributed by atoms with Crippen molar-refractivity contribution in [3.8, 4) is 0 Å². The summed E-state index contributed by atoms with van der Waals surface area (Å²) in [7, 11) is 0. The zero-order valence-corrected chi connectivity index (χ0v) is 14.2. The van der Waals surface area contributed by atoms with Gasteiger partial charge in [0.1, 0.15) is 18.3 Å². The molecule has 1 saturated heterocycles. The maximum Gasteiger partial charge on any atom is 0.334 e. The summed E-state index contributed by atoms with van der Waals surface area (Å²) in [5.41, 5.74) is 1.82. The molecule has 4 atom stereocenters. The van der Waals surface area contributed by atoms with E-state index in [9.17, 15) is 14.4 Å². The van der Waals surface area contributed by atoms with Crippen LogP contribution in [0.2, 0.25) is 0 Å². The summed E-state index contributed by atoms with van der Waals surface area (Å²) in [5, 5.41) is 0. The summed E-state index contributed by atoms with van der Waals surface area (Å²) in [5.74, 6) is -2.09. The van der Waals surface area contributed by atoms with Gasteiger partial charge in [-0.3, -0.25) is 0 Å². The van der Waals surface area contributed by atoms with Gasteiger partial charge in [-0.15, -0.1) is 0 Å². The molecule has 1 fully saturated rings. The molecule has 0 amide bonds. The number of esters is 3. The van der Waals surface area contributed by atoms with E-state index in [4.69, 9.17) is 14.2 Å². The predicted molar refractivity (Wildman–Crippen MR) is 88.2 cm³/mol. The fraction of sp³-hybridized carbons (Fsp3) is 0.421. The van der Waals surface area contributed by atoms with E-state index in [0.29, 0.717) is 12.0 Å². The Labute approximate surface area is 145 Å². The highest BCUT2D eigenvalue weighted by Gasteiger charge is 2.46. The Bertz CT molecular complexity index is 741. The molecule has 2 bridgehead atoms. The van der Waals surface area contributed by atoms with E-state index >= 15 is 0 Å². The van der Waals surface area contributed by atoms with Crippen LogP contribution in [0.15, 0.2) is 47.6 Å². The third kappa shape index (κ3) is 3.29. The summed E-state index contributed by atoms with van der Waals surface area (Å²) in [4.78, 5) is 36.2. The Morgan fingerprint density at radius 1 is 1.20 bits per heavy atom. The van der Waals surface area contributed by atoms with Gasteiger partial charge in [0.25, 0.3) is 0 Å². The van der Waals surface area contributed by atoms with E-state index in [1.165, 1.54) is 6.92 Å². The molecule has 3 rings (SSSR count). The molecule has 0 radical (unpaired) electrons. The monoisotopic (exact) mass is 344 g/mol. The average molecular weight is 344 g/mol. The van der Waals surface area contributed by atoms with Gasteiger partial charge in [0.2, 0.25) is 0 Å². The van der Waals surface area contributed by atoms with Crippen LogP contribution in [-0.2, 0) is 28.6 Å². The lowest BCUT2D eigenvalue weighted by molar-refractivity contribution is -0.148. The standard InChI is InChI=1S/C19H20O6/c1-9(2)17(20)24-15-8-12-7-13(23-19(12)22)5-10(3)6-14-16(15)11(4)18(21)25-14/h6-7,13-16H,1,4-5,8H2,2-3H3/b10-6-/t13-,14-,15+,16+/m0/s1. The molecule has 6 heteroatoms. The summed E-state index contributed by atoms with van der Waals surface area (Å²) in [6.45, 7) is 10.8. The number of hydrogen-bond acceptors (Lipinski definition) is 6. The topological polar surface area (TPSA) is 78.9 Å². The molecule has 0 aromatic heterocycles. The third-order valence-corrected chi connectivity index (χ3v) is 4.57. The van der Waals surface area contributed by atoms with E-state index in [0.717, 1.165) is 5.57 Å². The SMILES string of the molecule is C=C(C)C(=O)O[C@@H]1CC2=C[C@H](C/C(C)=C\[C@@H]3OC(=O)C(=C)[C@H]31)OC2=O. The molecule has 6 nitrogen and oxygen atoms in total. The first kappa shape index (κ1) is 17.2. The van der Waals surface area contributed by atoms with Gasteiger partial charge in [0.15, 0.2) is 0 Å². The Hall–Kier alpha value is -2.63. The average Bonchev–Trinajstić information content (AvgIpc) is 2.98. The van der Waals surface area contributed by atoms with Crippen molar-refractivity contribution in [1.29, 1.82) is 0 Å². The Balaban J connectivity index is 2.01. The molecule has 0 aromatic rings. The first-order valence-corrected chi connectivity index (χ1v) is 8.11. The van der Waals surface area contributed by atoms with Crippen molar-refractivity contribution in [1.82, 2.24) is 0 Å². The van der Waals surface area contributed by atoms with E-state index in [1.54, 1.807) is 6.08 Å². The first-order chi connectivity index (χ1) is 11.8. The van der Waals surface area contributed by atoms with Gasteiger partial charge in [0, 0.05) is 29.6 Å². The Kier molecular flexibility index (Phi) is 4.37. The molecule has 132 valence electrons. The van der Waals surface area contributed by atoms with Gasteiger partial charge < -0.3 is 14.2 Å². The van der Waals surface area contributed by atoms with Crippen LogP contribution in [0.5, 0.6) is 0 Å². The zero-order chi connectivity index (χ0) is 18.3. The number of carbonyl (C=O) groups is 3. The zero-order valence-electron chi connectivity index (χ0n) is 14.2. The molecule has 0 unspecified atom stereocenters. The molecule has 0 aromatic carbocycles. The van der Waals surface area contributed by atoms with Gasteiger partial charge in [0.05, 0.1) is 5.92 Å². The quantitative estimate of drug-likeness (QED) is 0.331. The molecule has 2 aliphatic heterocycles. The van der Waals surface area contributed by atoms with Crippen molar-refractivity contribution in [2.75, 3.05) is 0 Å². The molecule has 0 saturated carbocycles. The van der Waals surface area contributed by atoms with Crippen LogP contribution < -0.4 is 0 Å². The molecular formula is C19H20O6. The van der Waals surface area contributed by atoms with Gasteiger partial charge in [-0.25, -0.2) is 14.4 Å². The second kappa shape index (κ2) is 6.35. The maximum atomic E-state index is 12.1. The number of fused-ring (bicyclic) bond motifs is 2. The van der Waals surface area contributed by atoms with Gasteiger partial charge >= 0.3 is 17.9 Å². The molecule has 1 aliphatic carbocycles. The van der Waals surface area contributed by atoms with Crippen molar-refractivity contribution in [2.24, 2.45) is 5.92 Å². The van der Waals surface area contributed by atoms with Crippen molar-refractivity contribution in [3.05, 3.63) is 47.6 Å². The fourth-order valence-electron chi connectivity index (χ4n) is 3.33. The molecule has 3 aliphatic rings. The van der Waals surface area contributed by atoms with E-state index < -0.39 is 36.0 Å². The highest BCUT2D eigenvalue weighted by atomic mass is 16.6. The van der Waals surface area contributed by atoms with Crippen LogP contribution in [0.1, 0.15) is 26.7 Å². The van der Waals surface area contributed by atoms with Crippen LogP contribution in [0.3, 0.4) is 0 Å². The second-order valence-electron chi connectivity index (χ2n) is 6.70. The van der Waals surface area contributed by atoms with E-state index in [1.807, 2.05) is 13.0 Å². The molecule has 0 spiro atoms. The summed E-state index contributed by atoms with van der Waals surface area (Å²) >= 11 is 0. The van der Waals surface area contributed by atoms with Crippen molar-refractivity contribution in [2.45, 2.75) is 45.0 Å². The molecule has 0 N–H and O–H groups in total. The van der Waals surface area contributed by atoms with Crippen LogP contribution in [-0.4, -0.2) is 36.2 Å². The second-order valence-corrected chi connectivity index (χ2v) is 6.70. The number of ether oxygens (including phenoxy) is 3. The smallest absolute Gasteiger partial charge is 0.334 e. The number of hydrogen-bond donors (Lipinski definition) is 0. The molecule has 2 heterocycles. The van der Waals surface area contributed by atoms with Gasteiger partial charge in [-0.1, -0.05) is 18.7 Å².